The van der Waals surface area contributed by atoms with Gasteiger partial charge in [0.25, 0.3) is 0 Å². The van der Waals surface area contributed by atoms with Gasteiger partial charge in [0.15, 0.2) is 0 Å². The molecule has 15 heavy (non-hydrogen) atoms. The fraction of sp³-hybridized carbons (Fsp3) is 0.0909. The zero-order valence-electron chi connectivity index (χ0n) is 8.19. The number of aryl methyl sites for hydroxylation is 1. The molecular formula is C11H10O4. The number of esters is 1. The van der Waals surface area contributed by atoms with Gasteiger partial charge in [0.1, 0.15) is 11.3 Å². The highest BCUT2D eigenvalue weighted by Crippen LogP contribution is 2.12. The normalized spacial score (nSPS) is 9.40. The lowest BCUT2D eigenvalue weighted by atomic mass is 10.2. The third-order valence-corrected chi connectivity index (χ3v) is 1.74. The van der Waals surface area contributed by atoms with Crippen LogP contribution in [0.3, 0.4) is 0 Å². The summed E-state index contributed by atoms with van der Waals surface area (Å²) in [6, 6.07) is 6.68. The molecule has 0 aliphatic rings. The van der Waals surface area contributed by atoms with Crippen LogP contribution in [0.1, 0.15) is 5.56 Å². The number of carbonyl (C=O) groups is 2. The average molecular weight is 206 g/mol. The van der Waals surface area contributed by atoms with Gasteiger partial charge in [-0.2, -0.15) is 0 Å². The van der Waals surface area contributed by atoms with E-state index in [1.54, 1.807) is 24.3 Å². The predicted octanol–water partition coefficient (Wildman–Crippen LogP) is 1.54. The van der Waals surface area contributed by atoms with Gasteiger partial charge in [0, 0.05) is 0 Å². The monoisotopic (exact) mass is 206 g/mol. The Morgan fingerprint density at radius 2 is 1.80 bits per heavy atom. The molecule has 78 valence electrons. The third kappa shape index (κ3) is 2.95. The summed E-state index contributed by atoms with van der Waals surface area (Å²) >= 11 is 0. The van der Waals surface area contributed by atoms with Crippen molar-refractivity contribution in [2.75, 3.05) is 0 Å². The second kappa shape index (κ2) is 4.41. The van der Waals surface area contributed by atoms with Crippen LogP contribution in [-0.2, 0) is 9.59 Å². The maximum Gasteiger partial charge on any atom is 0.350 e. The number of rotatable bonds is 3. The summed E-state index contributed by atoms with van der Waals surface area (Å²) < 4.78 is 4.77. The van der Waals surface area contributed by atoms with Crippen molar-refractivity contribution in [3.05, 3.63) is 42.0 Å². The molecule has 0 atom stereocenters. The maximum atomic E-state index is 11.1. The minimum Gasteiger partial charge on any atom is -0.477 e. The Morgan fingerprint density at radius 3 is 2.27 bits per heavy atom. The highest BCUT2D eigenvalue weighted by Gasteiger charge is 2.16. The van der Waals surface area contributed by atoms with E-state index in [2.05, 4.69) is 6.58 Å². The molecule has 1 aromatic carbocycles. The van der Waals surface area contributed by atoms with Gasteiger partial charge in [-0.15, -0.1) is 0 Å². The second-order valence-corrected chi connectivity index (χ2v) is 2.99. The topological polar surface area (TPSA) is 63.6 Å². The molecule has 0 amide bonds. The first-order chi connectivity index (χ1) is 7.00. The van der Waals surface area contributed by atoms with E-state index in [-0.39, 0.29) is 0 Å². The standard InChI is InChI=1S/C11H10O4/c1-7-3-5-9(6-4-7)15-11(14)8(2)10(12)13/h3-6H,2H2,1H3,(H,12,13). The van der Waals surface area contributed by atoms with Gasteiger partial charge >= 0.3 is 11.9 Å². The molecule has 4 heteroatoms. The number of hydrogen-bond donors (Lipinski definition) is 1. The number of carboxylic acids is 1. The Bertz CT molecular complexity index is 403. The number of benzene rings is 1. The van der Waals surface area contributed by atoms with Gasteiger partial charge in [0.05, 0.1) is 0 Å². The molecular weight excluding hydrogens is 196 g/mol. The maximum absolute atomic E-state index is 11.1. The SMILES string of the molecule is C=C(C(=O)O)C(=O)Oc1ccc(C)cc1. The van der Waals surface area contributed by atoms with Gasteiger partial charge in [-0.25, -0.2) is 9.59 Å². The molecule has 0 fully saturated rings. The summed E-state index contributed by atoms with van der Waals surface area (Å²) in [6.45, 7) is 4.98. The Kier molecular flexibility index (Phi) is 3.23. The van der Waals surface area contributed by atoms with Crippen molar-refractivity contribution < 1.29 is 19.4 Å². The van der Waals surface area contributed by atoms with Gasteiger partial charge in [-0.1, -0.05) is 24.3 Å². The van der Waals surface area contributed by atoms with Crippen molar-refractivity contribution in [2.24, 2.45) is 0 Å². The molecule has 0 aliphatic heterocycles. The molecule has 1 aromatic rings. The molecule has 0 bridgehead atoms. The molecule has 0 aliphatic carbocycles. The van der Waals surface area contributed by atoms with Crippen LogP contribution in [0, 0.1) is 6.92 Å². The summed E-state index contributed by atoms with van der Waals surface area (Å²) in [4.78, 5) is 21.5. The summed E-state index contributed by atoms with van der Waals surface area (Å²) in [7, 11) is 0. The quantitative estimate of drug-likeness (QED) is 0.268. The molecule has 0 radical (unpaired) electrons. The van der Waals surface area contributed by atoms with Crippen molar-refractivity contribution in [1.82, 2.24) is 0 Å². The molecule has 1 N–H and O–H groups in total. The molecule has 0 saturated heterocycles. The second-order valence-electron chi connectivity index (χ2n) is 2.99. The van der Waals surface area contributed by atoms with Gasteiger partial charge in [-0.05, 0) is 19.1 Å². The first-order valence-corrected chi connectivity index (χ1v) is 4.22. The number of ether oxygens (including phenoxy) is 1. The summed E-state index contributed by atoms with van der Waals surface area (Å²) in [5.74, 6) is -2.04. The van der Waals surface area contributed by atoms with Crippen molar-refractivity contribution in [3.8, 4) is 5.75 Å². The fourth-order valence-corrected chi connectivity index (χ4v) is 0.862. The van der Waals surface area contributed by atoms with E-state index in [1.807, 2.05) is 6.92 Å². The van der Waals surface area contributed by atoms with Crippen LogP contribution in [0.5, 0.6) is 5.75 Å². The summed E-state index contributed by atoms with van der Waals surface area (Å²) in [5.41, 5.74) is 0.433. The van der Waals surface area contributed by atoms with E-state index >= 15 is 0 Å². The third-order valence-electron chi connectivity index (χ3n) is 1.74. The zero-order valence-corrected chi connectivity index (χ0v) is 8.19. The number of carbonyl (C=O) groups excluding carboxylic acids is 1. The first kappa shape index (κ1) is 11.0. The van der Waals surface area contributed by atoms with Crippen LogP contribution < -0.4 is 4.74 Å². The number of hydrogen-bond acceptors (Lipinski definition) is 3. The molecule has 0 heterocycles. The fourth-order valence-electron chi connectivity index (χ4n) is 0.862. The predicted molar refractivity (Wildman–Crippen MR) is 53.6 cm³/mol. The average Bonchev–Trinajstić information content (AvgIpc) is 2.20. The molecule has 0 unspecified atom stereocenters. The van der Waals surface area contributed by atoms with E-state index in [1.165, 1.54) is 0 Å². The summed E-state index contributed by atoms with van der Waals surface area (Å²) in [6.07, 6.45) is 0. The molecule has 0 aromatic heterocycles. The molecule has 1 rings (SSSR count). The van der Waals surface area contributed by atoms with E-state index in [4.69, 9.17) is 9.84 Å². The Balaban J connectivity index is 2.71. The highest BCUT2D eigenvalue weighted by molar-refractivity contribution is 6.13. The van der Waals surface area contributed by atoms with Crippen LogP contribution in [0.4, 0.5) is 0 Å². The molecule has 0 spiro atoms. The zero-order chi connectivity index (χ0) is 11.4. The summed E-state index contributed by atoms with van der Waals surface area (Å²) in [5, 5.41) is 8.47. The Hall–Kier alpha value is -2.10. The number of carboxylic acid groups (broad SMARTS) is 1. The van der Waals surface area contributed by atoms with Gasteiger partial charge in [-0.3, -0.25) is 0 Å². The van der Waals surface area contributed by atoms with Crippen LogP contribution in [0.15, 0.2) is 36.4 Å². The van der Waals surface area contributed by atoms with Crippen LogP contribution >= 0.6 is 0 Å². The lowest BCUT2D eigenvalue weighted by Crippen LogP contribution is -2.16. The first-order valence-electron chi connectivity index (χ1n) is 4.22. The van der Waals surface area contributed by atoms with Crippen molar-refractivity contribution >= 4 is 11.9 Å². The van der Waals surface area contributed by atoms with Crippen LogP contribution in [0.2, 0.25) is 0 Å². The van der Waals surface area contributed by atoms with E-state index in [0.717, 1.165) is 5.56 Å². The smallest absolute Gasteiger partial charge is 0.350 e. The van der Waals surface area contributed by atoms with Crippen molar-refractivity contribution in [2.45, 2.75) is 6.92 Å². The van der Waals surface area contributed by atoms with Crippen molar-refractivity contribution in [3.63, 3.8) is 0 Å². The van der Waals surface area contributed by atoms with E-state index in [0.29, 0.717) is 5.75 Å². The van der Waals surface area contributed by atoms with Gasteiger partial charge < -0.3 is 9.84 Å². The lowest BCUT2D eigenvalue weighted by Gasteiger charge is -2.03. The largest absolute Gasteiger partial charge is 0.477 e. The van der Waals surface area contributed by atoms with Crippen LogP contribution in [0.25, 0.3) is 0 Å². The molecule has 4 nitrogen and oxygen atoms in total. The van der Waals surface area contributed by atoms with Crippen molar-refractivity contribution in [1.29, 1.82) is 0 Å². The van der Waals surface area contributed by atoms with E-state index < -0.39 is 17.5 Å². The number of aliphatic carboxylic acids is 1. The van der Waals surface area contributed by atoms with Crippen LogP contribution in [-0.4, -0.2) is 17.0 Å². The minimum atomic E-state index is -1.38. The molecule has 0 saturated carbocycles. The highest BCUT2D eigenvalue weighted by atomic mass is 16.5. The lowest BCUT2D eigenvalue weighted by molar-refractivity contribution is -0.138. The van der Waals surface area contributed by atoms with Gasteiger partial charge in [0.2, 0.25) is 0 Å². The Morgan fingerprint density at radius 1 is 1.27 bits per heavy atom. The minimum absolute atomic E-state index is 0.299. The van der Waals surface area contributed by atoms with E-state index in [9.17, 15) is 9.59 Å². The Labute approximate surface area is 86.8 Å².